The van der Waals surface area contributed by atoms with E-state index in [0.717, 1.165) is 25.9 Å². The zero-order chi connectivity index (χ0) is 13.3. The van der Waals surface area contributed by atoms with Crippen molar-refractivity contribution in [2.45, 2.75) is 52.9 Å². The highest BCUT2D eigenvalue weighted by atomic mass is 15.2. The summed E-state index contributed by atoms with van der Waals surface area (Å²) in [6.07, 6.45) is 2.39. The minimum atomic E-state index is 0.202. The highest BCUT2D eigenvalue weighted by molar-refractivity contribution is 5.41. The second kappa shape index (κ2) is 9.34. The molecule has 0 bridgehead atoms. The minimum Gasteiger partial charge on any atom is -0.285 e. The maximum atomic E-state index is 4.40. The maximum Gasteiger partial charge on any atom is 0.112 e. The molecular formula is C13H28N4. The lowest BCUT2D eigenvalue weighted by Crippen LogP contribution is -2.30. The van der Waals surface area contributed by atoms with Crippen molar-refractivity contribution in [3.63, 3.8) is 0 Å². The van der Waals surface area contributed by atoms with Gasteiger partial charge in [0, 0.05) is 0 Å². The van der Waals surface area contributed by atoms with Crippen LogP contribution in [-0.2, 0) is 0 Å². The Kier molecular flexibility index (Phi) is 8.96. The van der Waals surface area contributed by atoms with Crippen molar-refractivity contribution < 1.29 is 0 Å². The first-order chi connectivity index (χ1) is 8.10. The van der Waals surface area contributed by atoms with E-state index in [1.165, 1.54) is 0 Å². The molecule has 17 heavy (non-hydrogen) atoms. The van der Waals surface area contributed by atoms with Crippen LogP contribution in [0.15, 0.2) is 9.98 Å². The molecule has 0 fully saturated rings. The lowest BCUT2D eigenvalue weighted by molar-refractivity contribution is 0.251. The van der Waals surface area contributed by atoms with Gasteiger partial charge in [0.2, 0.25) is 0 Å². The van der Waals surface area contributed by atoms with Crippen molar-refractivity contribution in [2.24, 2.45) is 9.98 Å². The van der Waals surface area contributed by atoms with Gasteiger partial charge >= 0.3 is 0 Å². The van der Waals surface area contributed by atoms with Gasteiger partial charge in [-0.3, -0.25) is 9.80 Å². The quantitative estimate of drug-likeness (QED) is 0.611. The van der Waals surface area contributed by atoms with Gasteiger partial charge in [-0.15, -0.1) is 0 Å². The Morgan fingerprint density at radius 1 is 0.824 bits per heavy atom. The summed E-state index contributed by atoms with van der Waals surface area (Å²) in [5.74, 6) is 0. The Balaban J connectivity index is 4.54. The molecule has 2 unspecified atom stereocenters. The van der Waals surface area contributed by atoms with Crippen LogP contribution in [-0.4, -0.2) is 55.3 Å². The zero-order valence-electron chi connectivity index (χ0n) is 12.3. The van der Waals surface area contributed by atoms with Crippen molar-refractivity contribution >= 4 is 6.01 Å². The molecular weight excluding hydrogens is 212 g/mol. The van der Waals surface area contributed by atoms with Crippen LogP contribution >= 0.6 is 0 Å². The second-order valence-electron chi connectivity index (χ2n) is 4.28. The van der Waals surface area contributed by atoms with Gasteiger partial charge in [0.1, 0.15) is 12.3 Å². The Labute approximate surface area is 106 Å². The Morgan fingerprint density at radius 3 is 1.41 bits per heavy atom. The monoisotopic (exact) mass is 240 g/mol. The first-order valence-electron chi connectivity index (χ1n) is 6.65. The second-order valence-corrected chi connectivity index (χ2v) is 4.28. The lowest BCUT2D eigenvalue weighted by Gasteiger charge is -2.21. The average Bonchev–Trinajstić information content (AvgIpc) is 2.37. The summed E-state index contributed by atoms with van der Waals surface area (Å²) in [7, 11) is 4.16. The molecule has 0 aromatic heterocycles. The molecule has 4 heteroatoms. The number of hydrogen-bond donors (Lipinski definition) is 0. The summed E-state index contributed by atoms with van der Waals surface area (Å²) in [5, 5.41) is 0. The smallest absolute Gasteiger partial charge is 0.112 e. The van der Waals surface area contributed by atoms with Crippen LogP contribution in [0, 0.1) is 0 Å². The molecule has 100 valence electrons. The Morgan fingerprint density at radius 2 is 1.18 bits per heavy atom. The van der Waals surface area contributed by atoms with Crippen molar-refractivity contribution in [3.05, 3.63) is 0 Å². The molecule has 0 rings (SSSR count). The fourth-order valence-corrected chi connectivity index (χ4v) is 1.59. The summed E-state index contributed by atoms with van der Waals surface area (Å²) < 4.78 is 0. The zero-order valence-corrected chi connectivity index (χ0v) is 12.3. The van der Waals surface area contributed by atoms with E-state index in [4.69, 9.17) is 0 Å². The summed E-state index contributed by atoms with van der Waals surface area (Å²) in [6, 6.07) is 2.88. The van der Waals surface area contributed by atoms with Crippen LogP contribution in [0.4, 0.5) is 0 Å². The summed E-state index contributed by atoms with van der Waals surface area (Å²) >= 11 is 0. The largest absolute Gasteiger partial charge is 0.285 e. The first kappa shape index (κ1) is 16.3. The van der Waals surface area contributed by atoms with Crippen molar-refractivity contribution in [3.8, 4) is 0 Å². The lowest BCUT2D eigenvalue weighted by atomic mass is 10.3. The SMILES string of the molecule is CCC(N=C=NC(CC)N(C)CC)N(C)CC. The average molecular weight is 240 g/mol. The van der Waals surface area contributed by atoms with Gasteiger partial charge in [-0.1, -0.05) is 27.7 Å². The van der Waals surface area contributed by atoms with E-state index in [1.54, 1.807) is 0 Å². The van der Waals surface area contributed by atoms with Gasteiger partial charge in [-0.05, 0) is 40.0 Å². The maximum absolute atomic E-state index is 4.40. The molecule has 0 radical (unpaired) electrons. The summed E-state index contributed by atoms with van der Waals surface area (Å²) in [6.45, 7) is 10.5. The van der Waals surface area contributed by atoms with E-state index in [1.807, 2.05) is 0 Å². The van der Waals surface area contributed by atoms with Crippen LogP contribution in [0.2, 0.25) is 0 Å². The molecule has 0 N–H and O–H groups in total. The van der Waals surface area contributed by atoms with Crippen LogP contribution in [0.25, 0.3) is 0 Å². The third-order valence-electron chi connectivity index (χ3n) is 3.16. The number of hydrogen-bond acceptors (Lipinski definition) is 4. The third-order valence-corrected chi connectivity index (χ3v) is 3.16. The fourth-order valence-electron chi connectivity index (χ4n) is 1.59. The predicted molar refractivity (Wildman–Crippen MR) is 74.6 cm³/mol. The summed E-state index contributed by atoms with van der Waals surface area (Å²) in [4.78, 5) is 13.2. The molecule has 0 spiro atoms. The normalized spacial score (nSPS) is 14.6. The molecule has 4 nitrogen and oxygen atoms in total. The number of aliphatic imine (C=N–C) groups is 2. The van der Waals surface area contributed by atoms with E-state index >= 15 is 0 Å². The molecule has 0 saturated carbocycles. The third kappa shape index (κ3) is 5.97. The van der Waals surface area contributed by atoms with E-state index in [0.29, 0.717) is 0 Å². The van der Waals surface area contributed by atoms with Crippen LogP contribution in [0.1, 0.15) is 40.5 Å². The number of nitrogens with zero attached hydrogens (tertiary/aromatic N) is 4. The van der Waals surface area contributed by atoms with Gasteiger partial charge in [0.05, 0.1) is 6.01 Å². The van der Waals surface area contributed by atoms with Gasteiger partial charge in [0.25, 0.3) is 0 Å². The van der Waals surface area contributed by atoms with Crippen molar-refractivity contribution in [1.82, 2.24) is 9.80 Å². The van der Waals surface area contributed by atoms with Gasteiger partial charge in [-0.25, -0.2) is 9.98 Å². The topological polar surface area (TPSA) is 31.2 Å². The molecule has 0 saturated heterocycles. The van der Waals surface area contributed by atoms with E-state index in [9.17, 15) is 0 Å². The predicted octanol–water partition coefficient (Wildman–Crippen LogP) is 2.54. The van der Waals surface area contributed by atoms with Gasteiger partial charge < -0.3 is 0 Å². The van der Waals surface area contributed by atoms with E-state index in [-0.39, 0.29) is 12.3 Å². The Hall–Kier alpha value is -0.700. The highest BCUT2D eigenvalue weighted by Gasteiger charge is 2.09. The highest BCUT2D eigenvalue weighted by Crippen LogP contribution is 2.03. The van der Waals surface area contributed by atoms with Crippen LogP contribution in [0.3, 0.4) is 0 Å². The van der Waals surface area contributed by atoms with Crippen molar-refractivity contribution in [2.75, 3.05) is 27.2 Å². The minimum absolute atomic E-state index is 0.202. The standard InChI is InChI=1S/C13H28N4/c1-7-12(16(5)9-3)14-11-15-13(8-2)17(6)10-4/h12-13H,7-10H2,1-6H3. The summed E-state index contributed by atoms with van der Waals surface area (Å²) in [5.41, 5.74) is 0. The van der Waals surface area contributed by atoms with Crippen LogP contribution in [0.5, 0.6) is 0 Å². The molecule has 0 aromatic carbocycles. The molecule has 0 amide bonds. The Bertz CT molecular complexity index is 224. The molecule has 2 atom stereocenters. The van der Waals surface area contributed by atoms with Crippen molar-refractivity contribution in [1.29, 1.82) is 0 Å². The van der Waals surface area contributed by atoms with E-state index in [2.05, 4.69) is 67.6 Å². The molecule has 0 aromatic rings. The molecule has 0 aliphatic heterocycles. The van der Waals surface area contributed by atoms with E-state index < -0.39 is 0 Å². The molecule has 0 aliphatic rings. The number of rotatable bonds is 8. The molecule has 0 heterocycles. The van der Waals surface area contributed by atoms with Crippen LogP contribution < -0.4 is 0 Å². The van der Waals surface area contributed by atoms with Gasteiger partial charge in [-0.2, -0.15) is 0 Å². The fraction of sp³-hybridized carbons (Fsp3) is 0.923. The first-order valence-corrected chi connectivity index (χ1v) is 6.65. The molecule has 0 aliphatic carbocycles. The van der Waals surface area contributed by atoms with Gasteiger partial charge in [0.15, 0.2) is 0 Å².